The molecule has 0 unspecified atom stereocenters. The second kappa shape index (κ2) is 6.22. The molecule has 1 amide bonds. The van der Waals surface area contributed by atoms with Crippen molar-refractivity contribution < 1.29 is 37.3 Å². The van der Waals surface area contributed by atoms with Crippen LogP contribution >= 0.6 is 0 Å². The number of amides is 1. The van der Waals surface area contributed by atoms with Gasteiger partial charge in [-0.3, -0.25) is 4.79 Å². The highest BCUT2D eigenvalue weighted by Crippen LogP contribution is 2.25. The third-order valence-electron chi connectivity index (χ3n) is 2.94. The van der Waals surface area contributed by atoms with Crippen molar-refractivity contribution in [2.75, 3.05) is 5.32 Å². The van der Waals surface area contributed by atoms with Crippen molar-refractivity contribution in [2.24, 2.45) is 0 Å². The average molecular weight is 319 g/mol. The molecule has 1 aliphatic heterocycles. The smallest absolute Gasteiger partial charge is 0.479 e. The van der Waals surface area contributed by atoms with Crippen LogP contribution in [0.25, 0.3) is 0 Å². The fourth-order valence-corrected chi connectivity index (χ4v) is 1.97. The monoisotopic (exact) mass is 319 g/mol. The SMILES string of the molecule is O=C(Nc1ccc(OC(F)(F)F)cc1)[C@@H]1CC[C@H](C(=O)O)O1. The second-order valence-electron chi connectivity index (χ2n) is 4.59. The van der Waals surface area contributed by atoms with Gasteiger partial charge in [0.25, 0.3) is 5.91 Å². The molecule has 0 bridgehead atoms. The number of carbonyl (C=O) groups is 2. The number of anilines is 1. The highest BCUT2D eigenvalue weighted by atomic mass is 19.4. The number of carbonyl (C=O) groups excluding carboxylic acids is 1. The molecule has 0 spiro atoms. The van der Waals surface area contributed by atoms with Gasteiger partial charge in [-0.15, -0.1) is 13.2 Å². The normalized spacial score (nSPS) is 21.4. The van der Waals surface area contributed by atoms with Gasteiger partial charge in [0.05, 0.1) is 0 Å². The van der Waals surface area contributed by atoms with E-state index in [1.165, 1.54) is 12.1 Å². The van der Waals surface area contributed by atoms with Gasteiger partial charge in [0.2, 0.25) is 0 Å². The first-order valence-corrected chi connectivity index (χ1v) is 6.29. The van der Waals surface area contributed by atoms with Crippen LogP contribution in [0.1, 0.15) is 12.8 Å². The van der Waals surface area contributed by atoms with Gasteiger partial charge in [0.1, 0.15) is 11.9 Å². The van der Waals surface area contributed by atoms with E-state index >= 15 is 0 Å². The molecule has 0 aromatic heterocycles. The average Bonchev–Trinajstić information content (AvgIpc) is 2.89. The topological polar surface area (TPSA) is 84.9 Å². The van der Waals surface area contributed by atoms with E-state index in [2.05, 4.69) is 10.1 Å². The number of halogens is 3. The van der Waals surface area contributed by atoms with Crippen LogP contribution < -0.4 is 10.1 Å². The summed E-state index contributed by atoms with van der Waals surface area (Å²) < 4.78 is 44.8. The molecule has 22 heavy (non-hydrogen) atoms. The molecule has 2 rings (SSSR count). The van der Waals surface area contributed by atoms with Crippen molar-refractivity contribution in [3.8, 4) is 5.75 Å². The number of rotatable bonds is 4. The van der Waals surface area contributed by atoms with Crippen LogP contribution in [0.4, 0.5) is 18.9 Å². The van der Waals surface area contributed by atoms with E-state index in [9.17, 15) is 22.8 Å². The number of carboxylic acids is 1. The summed E-state index contributed by atoms with van der Waals surface area (Å²) in [5.41, 5.74) is 0.252. The first-order valence-electron chi connectivity index (χ1n) is 6.29. The predicted octanol–water partition coefficient (Wildman–Crippen LogP) is 2.16. The minimum Gasteiger partial charge on any atom is -0.479 e. The molecule has 1 aromatic carbocycles. The molecule has 0 aliphatic carbocycles. The van der Waals surface area contributed by atoms with Crippen LogP contribution in [0.15, 0.2) is 24.3 Å². The van der Waals surface area contributed by atoms with Gasteiger partial charge in [0, 0.05) is 5.69 Å². The van der Waals surface area contributed by atoms with Gasteiger partial charge >= 0.3 is 12.3 Å². The maximum absolute atomic E-state index is 12.0. The number of ether oxygens (including phenoxy) is 2. The third-order valence-corrected chi connectivity index (χ3v) is 2.94. The van der Waals surface area contributed by atoms with Gasteiger partial charge in [-0.25, -0.2) is 4.79 Å². The number of benzene rings is 1. The summed E-state index contributed by atoms with van der Waals surface area (Å²) in [5, 5.41) is 11.2. The van der Waals surface area contributed by atoms with E-state index in [1.807, 2.05) is 0 Å². The molecular weight excluding hydrogens is 307 g/mol. The number of hydrogen-bond donors (Lipinski definition) is 2. The summed E-state index contributed by atoms with van der Waals surface area (Å²) in [7, 11) is 0. The molecule has 0 radical (unpaired) electrons. The third kappa shape index (κ3) is 4.35. The summed E-state index contributed by atoms with van der Waals surface area (Å²) in [6, 6.07) is 4.59. The van der Waals surface area contributed by atoms with Crippen LogP contribution in [-0.2, 0) is 14.3 Å². The van der Waals surface area contributed by atoms with E-state index in [4.69, 9.17) is 9.84 Å². The Hall–Kier alpha value is -2.29. The van der Waals surface area contributed by atoms with E-state index in [-0.39, 0.29) is 18.5 Å². The van der Waals surface area contributed by atoms with Crippen LogP contribution in [-0.4, -0.2) is 35.6 Å². The zero-order chi connectivity index (χ0) is 16.3. The Bertz CT molecular complexity index is 558. The van der Waals surface area contributed by atoms with E-state index in [1.54, 1.807) is 0 Å². The number of alkyl halides is 3. The fourth-order valence-electron chi connectivity index (χ4n) is 1.97. The molecule has 1 heterocycles. The van der Waals surface area contributed by atoms with Crippen molar-refractivity contribution in [3.05, 3.63) is 24.3 Å². The van der Waals surface area contributed by atoms with Crippen LogP contribution in [0, 0.1) is 0 Å². The molecule has 9 heteroatoms. The van der Waals surface area contributed by atoms with Crippen molar-refractivity contribution in [1.29, 1.82) is 0 Å². The van der Waals surface area contributed by atoms with Crippen molar-refractivity contribution >= 4 is 17.6 Å². The lowest BCUT2D eigenvalue weighted by atomic mass is 10.2. The Morgan fingerprint density at radius 2 is 1.77 bits per heavy atom. The Labute approximate surface area is 122 Å². The summed E-state index contributed by atoms with van der Waals surface area (Å²) in [6.07, 6.45) is -6.21. The van der Waals surface area contributed by atoms with Gasteiger partial charge < -0.3 is 19.9 Å². The van der Waals surface area contributed by atoms with Gasteiger partial charge in [0.15, 0.2) is 6.10 Å². The largest absolute Gasteiger partial charge is 0.573 e. The summed E-state index contributed by atoms with van der Waals surface area (Å²) in [6.45, 7) is 0. The summed E-state index contributed by atoms with van der Waals surface area (Å²) in [4.78, 5) is 22.6. The first-order chi connectivity index (χ1) is 10.2. The standard InChI is InChI=1S/C13H12F3NO5/c14-13(15,16)22-8-3-1-7(2-4-8)17-11(18)9-5-6-10(21-9)12(19)20/h1-4,9-10H,5-6H2,(H,17,18)(H,19,20)/t9-,10+/m0/s1. The van der Waals surface area contributed by atoms with Crippen molar-refractivity contribution in [1.82, 2.24) is 0 Å². The molecule has 120 valence electrons. The molecule has 1 aliphatic rings. The number of nitrogens with one attached hydrogen (secondary N) is 1. The maximum Gasteiger partial charge on any atom is 0.573 e. The summed E-state index contributed by atoms with van der Waals surface area (Å²) >= 11 is 0. The van der Waals surface area contributed by atoms with Gasteiger partial charge in [-0.1, -0.05) is 0 Å². The Morgan fingerprint density at radius 1 is 1.18 bits per heavy atom. The minimum atomic E-state index is -4.78. The minimum absolute atomic E-state index is 0.228. The van der Waals surface area contributed by atoms with Crippen molar-refractivity contribution in [3.63, 3.8) is 0 Å². The van der Waals surface area contributed by atoms with Crippen LogP contribution in [0.5, 0.6) is 5.75 Å². The van der Waals surface area contributed by atoms with E-state index < -0.39 is 36.2 Å². The zero-order valence-electron chi connectivity index (χ0n) is 11.1. The highest BCUT2D eigenvalue weighted by Gasteiger charge is 2.35. The molecule has 6 nitrogen and oxygen atoms in total. The lowest BCUT2D eigenvalue weighted by Gasteiger charge is -2.13. The van der Waals surface area contributed by atoms with Crippen molar-refractivity contribution in [2.45, 2.75) is 31.4 Å². The van der Waals surface area contributed by atoms with Crippen LogP contribution in [0.2, 0.25) is 0 Å². The zero-order valence-corrected chi connectivity index (χ0v) is 11.1. The van der Waals surface area contributed by atoms with Gasteiger partial charge in [-0.2, -0.15) is 0 Å². The Kier molecular flexibility index (Phi) is 4.55. The molecule has 1 saturated heterocycles. The Balaban J connectivity index is 1.91. The Morgan fingerprint density at radius 3 is 2.27 bits per heavy atom. The number of hydrogen-bond acceptors (Lipinski definition) is 4. The maximum atomic E-state index is 12.0. The number of carboxylic acid groups (broad SMARTS) is 1. The lowest BCUT2D eigenvalue weighted by molar-refractivity contribution is -0.274. The summed E-state index contributed by atoms with van der Waals surface area (Å²) in [5.74, 6) is -2.09. The van der Waals surface area contributed by atoms with Gasteiger partial charge in [-0.05, 0) is 37.1 Å². The predicted molar refractivity (Wildman–Crippen MR) is 67.3 cm³/mol. The van der Waals surface area contributed by atoms with E-state index in [0.29, 0.717) is 0 Å². The molecule has 2 N–H and O–H groups in total. The second-order valence-corrected chi connectivity index (χ2v) is 4.59. The highest BCUT2D eigenvalue weighted by molar-refractivity contribution is 5.94. The van der Waals surface area contributed by atoms with Crippen LogP contribution in [0.3, 0.4) is 0 Å². The molecule has 2 atom stereocenters. The number of aliphatic carboxylic acids is 1. The molecular formula is C13H12F3NO5. The first kappa shape index (κ1) is 16.1. The molecule has 0 saturated carbocycles. The molecule has 1 fully saturated rings. The molecule has 1 aromatic rings. The lowest BCUT2D eigenvalue weighted by Crippen LogP contribution is -2.29. The fraction of sp³-hybridized carbons (Fsp3) is 0.385. The van der Waals surface area contributed by atoms with E-state index in [0.717, 1.165) is 12.1 Å². The quantitative estimate of drug-likeness (QED) is 0.888.